The van der Waals surface area contributed by atoms with Crippen LogP contribution in [0.5, 0.6) is 0 Å². The fourth-order valence-electron chi connectivity index (χ4n) is 1.07. The van der Waals surface area contributed by atoms with Crippen LogP contribution in [-0.2, 0) is 9.53 Å². The maximum atomic E-state index is 11.1. The quantitative estimate of drug-likeness (QED) is 0.452. The lowest BCUT2D eigenvalue weighted by Crippen LogP contribution is -2.41. The largest absolute Gasteiger partial charge is 0.480 e. The number of amides is 1. The van der Waals surface area contributed by atoms with E-state index < -0.39 is 18.1 Å². The van der Waals surface area contributed by atoms with Crippen molar-refractivity contribution >= 4 is 28.0 Å². The molecule has 7 heteroatoms. The number of carboxylic acid groups (broad SMARTS) is 1. The number of nitrogens with one attached hydrogen (secondary N) is 1. The molecule has 4 N–H and O–H groups in total. The van der Waals surface area contributed by atoms with Crippen LogP contribution in [0.25, 0.3) is 0 Å². The van der Waals surface area contributed by atoms with E-state index in [0.29, 0.717) is 24.7 Å². The molecule has 0 saturated carbocycles. The summed E-state index contributed by atoms with van der Waals surface area (Å²) in [7, 11) is 0. The van der Waals surface area contributed by atoms with E-state index in [1.807, 2.05) is 0 Å². The van der Waals surface area contributed by atoms with Gasteiger partial charge in [0.15, 0.2) is 0 Å². The van der Waals surface area contributed by atoms with Crippen LogP contribution in [-0.4, -0.2) is 41.7 Å². The highest BCUT2D eigenvalue weighted by Crippen LogP contribution is 2.01. The molecule has 6 nitrogen and oxygen atoms in total. The number of rotatable bonds is 8. The molecule has 0 aliphatic carbocycles. The van der Waals surface area contributed by atoms with Gasteiger partial charge in [-0.15, -0.1) is 0 Å². The van der Waals surface area contributed by atoms with Crippen LogP contribution in [0.3, 0.4) is 0 Å². The minimum Gasteiger partial charge on any atom is -0.480 e. The highest BCUT2D eigenvalue weighted by atomic mass is 79.9. The molecule has 0 aromatic heterocycles. The second-order valence-corrected chi connectivity index (χ2v) is 3.94. The Kier molecular flexibility index (Phi) is 8.93. The number of nitrogens with two attached hydrogens (primary N) is 1. The third-order valence-corrected chi connectivity index (χ3v) is 2.17. The number of carboxylic acids is 1. The van der Waals surface area contributed by atoms with E-state index in [4.69, 9.17) is 15.6 Å². The van der Waals surface area contributed by atoms with Gasteiger partial charge in [0.25, 0.3) is 0 Å². The average Bonchev–Trinajstić information content (AvgIpc) is 2.25. The van der Waals surface area contributed by atoms with Crippen molar-refractivity contribution in [1.82, 2.24) is 5.32 Å². The minimum absolute atomic E-state index is 0.209. The molecule has 0 heterocycles. The summed E-state index contributed by atoms with van der Waals surface area (Å²) in [5.41, 5.74) is 5.29. The monoisotopic (exact) mass is 296 g/mol. The fourth-order valence-corrected chi connectivity index (χ4v) is 1.23. The van der Waals surface area contributed by atoms with E-state index in [0.717, 1.165) is 6.42 Å². The molecular weight excluding hydrogens is 280 g/mol. The van der Waals surface area contributed by atoms with Gasteiger partial charge in [-0.05, 0) is 25.8 Å². The first-order valence-electron chi connectivity index (χ1n) is 5.04. The van der Waals surface area contributed by atoms with Crippen molar-refractivity contribution in [2.45, 2.75) is 25.3 Å². The predicted molar refractivity (Wildman–Crippen MR) is 62.6 cm³/mol. The SMILES string of the molecule is NCCCC[C@H](NC(=O)OCCBr)C(=O)O. The molecule has 16 heavy (non-hydrogen) atoms. The molecule has 0 aromatic rings. The van der Waals surface area contributed by atoms with Crippen LogP contribution in [0.1, 0.15) is 19.3 Å². The lowest BCUT2D eigenvalue weighted by Gasteiger charge is -2.13. The molecule has 0 aromatic carbocycles. The average molecular weight is 297 g/mol. The summed E-state index contributed by atoms with van der Waals surface area (Å²) in [6, 6.07) is -0.908. The number of halogens is 1. The van der Waals surface area contributed by atoms with Crippen molar-refractivity contribution in [1.29, 1.82) is 0 Å². The van der Waals surface area contributed by atoms with Gasteiger partial charge >= 0.3 is 12.1 Å². The molecule has 1 atom stereocenters. The number of ether oxygens (including phenoxy) is 1. The Morgan fingerprint density at radius 2 is 2.12 bits per heavy atom. The molecule has 0 spiro atoms. The Morgan fingerprint density at radius 1 is 1.44 bits per heavy atom. The van der Waals surface area contributed by atoms with E-state index in [9.17, 15) is 9.59 Å². The molecule has 0 unspecified atom stereocenters. The number of alkyl halides is 1. The lowest BCUT2D eigenvalue weighted by atomic mass is 10.1. The van der Waals surface area contributed by atoms with E-state index in [1.165, 1.54) is 0 Å². The third kappa shape index (κ3) is 7.47. The van der Waals surface area contributed by atoms with Crippen LogP contribution in [0, 0.1) is 0 Å². The second-order valence-electron chi connectivity index (χ2n) is 3.14. The summed E-state index contributed by atoms with van der Waals surface area (Å²) in [6.07, 6.45) is 1.05. The summed E-state index contributed by atoms with van der Waals surface area (Å²) >= 11 is 3.09. The van der Waals surface area contributed by atoms with Gasteiger partial charge in [-0.2, -0.15) is 0 Å². The normalized spacial score (nSPS) is 11.9. The zero-order chi connectivity index (χ0) is 12.4. The Hall–Kier alpha value is -0.820. The first-order chi connectivity index (χ1) is 7.61. The standard InChI is InChI=1S/C9H17BrN2O4/c10-4-6-16-9(15)12-7(8(13)14)3-1-2-5-11/h7H,1-6,11H2,(H,12,15)(H,13,14)/t7-/m0/s1. The van der Waals surface area contributed by atoms with Gasteiger partial charge in [-0.1, -0.05) is 15.9 Å². The van der Waals surface area contributed by atoms with E-state index in [2.05, 4.69) is 21.2 Å². The van der Waals surface area contributed by atoms with E-state index >= 15 is 0 Å². The summed E-state index contributed by atoms with van der Waals surface area (Å²) in [6.45, 7) is 0.724. The molecule has 0 saturated heterocycles. The maximum absolute atomic E-state index is 11.1. The fraction of sp³-hybridized carbons (Fsp3) is 0.778. The molecule has 94 valence electrons. The van der Waals surface area contributed by atoms with Crippen LogP contribution in [0.4, 0.5) is 4.79 Å². The summed E-state index contributed by atoms with van der Waals surface area (Å²) in [4.78, 5) is 21.9. The highest BCUT2D eigenvalue weighted by molar-refractivity contribution is 9.09. The highest BCUT2D eigenvalue weighted by Gasteiger charge is 2.19. The smallest absolute Gasteiger partial charge is 0.407 e. The van der Waals surface area contributed by atoms with Crippen LogP contribution < -0.4 is 11.1 Å². The van der Waals surface area contributed by atoms with Gasteiger partial charge in [0.1, 0.15) is 12.6 Å². The molecule has 0 rings (SSSR count). The maximum Gasteiger partial charge on any atom is 0.407 e. The number of hydrogen-bond acceptors (Lipinski definition) is 4. The predicted octanol–water partition coefficient (Wildman–Crippen LogP) is 0.690. The summed E-state index contributed by atoms with van der Waals surface area (Å²) < 4.78 is 4.69. The van der Waals surface area contributed by atoms with Gasteiger partial charge in [0.05, 0.1) is 0 Å². The van der Waals surface area contributed by atoms with Gasteiger partial charge in [0.2, 0.25) is 0 Å². The zero-order valence-corrected chi connectivity index (χ0v) is 10.5. The lowest BCUT2D eigenvalue weighted by molar-refractivity contribution is -0.139. The van der Waals surface area contributed by atoms with Crippen molar-refractivity contribution in [2.75, 3.05) is 18.5 Å². The van der Waals surface area contributed by atoms with Crippen LogP contribution in [0.15, 0.2) is 0 Å². The molecule has 0 bridgehead atoms. The number of carbonyl (C=O) groups is 2. The van der Waals surface area contributed by atoms with Crippen molar-refractivity contribution < 1.29 is 19.4 Å². The molecule has 0 aliphatic heterocycles. The van der Waals surface area contributed by atoms with Gasteiger partial charge < -0.3 is 20.9 Å². The molecule has 0 radical (unpaired) electrons. The van der Waals surface area contributed by atoms with Crippen molar-refractivity contribution in [3.63, 3.8) is 0 Å². The van der Waals surface area contributed by atoms with Crippen LogP contribution in [0.2, 0.25) is 0 Å². The number of carbonyl (C=O) groups excluding carboxylic acids is 1. The van der Waals surface area contributed by atoms with E-state index in [1.54, 1.807) is 0 Å². The topological polar surface area (TPSA) is 102 Å². The second kappa shape index (κ2) is 9.41. The first-order valence-corrected chi connectivity index (χ1v) is 6.16. The first kappa shape index (κ1) is 15.2. The minimum atomic E-state index is -1.06. The number of hydrogen-bond donors (Lipinski definition) is 3. The molecule has 0 aliphatic rings. The number of unbranched alkanes of at least 4 members (excludes halogenated alkanes) is 1. The zero-order valence-electron chi connectivity index (χ0n) is 8.95. The summed E-state index contributed by atoms with van der Waals surface area (Å²) in [5.74, 6) is -1.06. The van der Waals surface area contributed by atoms with Gasteiger partial charge in [-0.3, -0.25) is 0 Å². The van der Waals surface area contributed by atoms with Gasteiger partial charge in [0, 0.05) is 5.33 Å². The number of aliphatic carboxylic acids is 1. The van der Waals surface area contributed by atoms with Crippen molar-refractivity contribution in [3.8, 4) is 0 Å². The molecular formula is C9H17BrN2O4. The van der Waals surface area contributed by atoms with Crippen molar-refractivity contribution in [3.05, 3.63) is 0 Å². The Labute approximate surface area is 103 Å². The summed E-state index contributed by atoms with van der Waals surface area (Å²) in [5, 5.41) is 11.6. The molecule has 1 amide bonds. The Morgan fingerprint density at radius 3 is 2.62 bits per heavy atom. The number of alkyl carbamates (subject to hydrolysis) is 1. The van der Waals surface area contributed by atoms with Crippen LogP contribution >= 0.6 is 15.9 Å². The Bertz CT molecular complexity index is 226. The third-order valence-electron chi connectivity index (χ3n) is 1.85. The molecule has 0 fully saturated rings. The van der Waals surface area contributed by atoms with Gasteiger partial charge in [-0.25, -0.2) is 9.59 Å². The van der Waals surface area contributed by atoms with E-state index in [-0.39, 0.29) is 6.61 Å². The Balaban J connectivity index is 3.92. The van der Waals surface area contributed by atoms with Crippen molar-refractivity contribution in [2.24, 2.45) is 5.73 Å².